The third-order valence-electron chi connectivity index (χ3n) is 4.63. The molecule has 1 heterocycles. The molecule has 0 fully saturated rings. The minimum absolute atomic E-state index is 0.0620. The number of benzene rings is 2. The largest absolute Gasteiger partial charge is 0.316 e. The van der Waals surface area contributed by atoms with E-state index in [4.69, 9.17) is 0 Å². The predicted octanol–water partition coefficient (Wildman–Crippen LogP) is 1.76. The van der Waals surface area contributed by atoms with Crippen LogP contribution in [0.15, 0.2) is 56.9 Å². The minimum Gasteiger partial charge on any atom is -0.305 e. The molecule has 0 radical (unpaired) electrons. The second kappa shape index (κ2) is 6.70. The Morgan fingerprint density at radius 1 is 0.926 bits per heavy atom. The van der Waals surface area contributed by atoms with Gasteiger partial charge in [0, 0.05) is 20.6 Å². The van der Waals surface area contributed by atoms with Crippen LogP contribution in [0.4, 0.5) is 5.69 Å². The molecule has 2 aromatic carbocycles. The van der Waals surface area contributed by atoms with Crippen molar-refractivity contribution in [2.45, 2.75) is 18.7 Å². The molecule has 3 aromatic rings. The first kappa shape index (κ1) is 18.9. The number of fused-ring (bicyclic) bond motifs is 1. The lowest BCUT2D eigenvalue weighted by Crippen LogP contribution is -2.39. The average molecular weight is 387 g/mol. The van der Waals surface area contributed by atoms with Gasteiger partial charge in [0.1, 0.15) is 0 Å². The quantitative estimate of drug-likeness (QED) is 0.639. The van der Waals surface area contributed by atoms with Crippen LogP contribution < -0.4 is 15.4 Å². The number of sulfonamides is 1. The third kappa shape index (κ3) is 3.06. The van der Waals surface area contributed by atoms with Crippen molar-refractivity contribution in [3.05, 3.63) is 68.7 Å². The second-order valence-electron chi connectivity index (χ2n) is 6.39. The Hall–Kier alpha value is -2.87. The van der Waals surface area contributed by atoms with Crippen LogP contribution in [0.2, 0.25) is 0 Å². The first-order valence-corrected chi connectivity index (χ1v) is 9.91. The number of hydrogen-bond donors (Lipinski definition) is 0. The molecular weight excluding hydrogens is 366 g/mol. The topological polar surface area (TPSA) is 81.4 Å². The van der Waals surface area contributed by atoms with Crippen LogP contribution in [0.5, 0.6) is 0 Å². The molecule has 0 bridgehead atoms. The normalized spacial score (nSPS) is 11.7. The van der Waals surface area contributed by atoms with Gasteiger partial charge in [0.25, 0.3) is 10.0 Å². The number of anilines is 1. The average Bonchev–Trinajstić information content (AvgIpc) is 2.64. The molecule has 0 aliphatic carbocycles. The van der Waals surface area contributed by atoms with Gasteiger partial charge in [-0.2, -0.15) is 0 Å². The summed E-state index contributed by atoms with van der Waals surface area (Å²) in [6.45, 7) is 3.92. The van der Waals surface area contributed by atoms with Gasteiger partial charge in [0.15, 0.2) is 0 Å². The summed E-state index contributed by atoms with van der Waals surface area (Å²) >= 11 is 0. The molecule has 0 amide bonds. The second-order valence-corrected chi connectivity index (χ2v) is 8.25. The molecule has 8 heteroatoms. The molecule has 0 aliphatic rings. The SMILES string of the molecule is CCN(c1cccc(C)c1)S(=O)(=O)c1ccc2c(c1)n(C)c(=O)c(=O)n2C. The molecule has 0 atom stereocenters. The van der Waals surface area contributed by atoms with E-state index in [-0.39, 0.29) is 11.4 Å². The molecule has 0 saturated carbocycles. The molecule has 0 unspecified atom stereocenters. The molecule has 27 heavy (non-hydrogen) atoms. The monoisotopic (exact) mass is 387 g/mol. The van der Waals surface area contributed by atoms with E-state index in [1.54, 1.807) is 19.1 Å². The van der Waals surface area contributed by atoms with Crippen LogP contribution in [0.1, 0.15) is 12.5 Å². The Kier molecular flexibility index (Phi) is 4.69. The Morgan fingerprint density at radius 2 is 1.56 bits per heavy atom. The maximum Gasteiger partial charge on any atom is 0.316 e. The maximum absolute atomic E-state index is 13.2. The van der Waals surface area contributed by atoms with Gasteiger partial charge in [-0.25, -0.2) is 8.42 Å². The Bertz CT molecular complexity index is 1260. The molecule has 7 nitrogen and oxygen atoms in total. The van der Waals surface area contributed by atoms with Gasteiger partial charge in [0.05, 0.1) is 21.6 Å². The van der Waals surface area contributed by atoms with Gasteiger partial charge >= 0.3 is 11.1 Å². The minimum atomic E-state index is -3.83. The fourth-order valence-electron chi connectivity index (χ4n) is 3.12. The highest BCUT2D eigenvalue weighted by Crippen LogP contribution is 2.26. The van der Waals surface area contributed by atoms with Gasteiger partial charge in [-0.15, -0.1) is 0 Å². The Balaban J connectivity index is 2.24. The zero-order valence-electron chi connectivity index (χ0n) is 15.6. The first-order valence-electron chi connectivity index (χ1n) is 8.47. The fourth-order valence-corrected chi connectivity index (χ4v) is 4.61. The summed E-state index contributed by atoms with van der Waals surface area (Å²) in [6, 6.07) is 11.7. The number of rotatable bonds is 4. The van der Waals surface area contributed by atoms with Crippen molar-refractivity contribution in [3.8, 4) is 0 Å². The van der Waals surface area contributed by atoms with E-state index in [9.17, 15) is 18.0 Å². The highest BCUT2D eigenvalue weighted by Gasteiger charge is 2.24. The van der Waals surface area contributed by atoms with Gasteiger partial charge < -0.3 is 9.13 Å². The Morgan fingerprint density at radius 3 is 2.15 bits per heavy atom. The lowest BCUT2D eigenvalue weighted by molar-refractivity contribution is 0.592. The van der Waals surface area contributed by atoms with Crippen molar-refractivity contribution in [2.75, 3.05) is 10.8 Å². The summed E-state index contributed by atoms with van der Waals surface area (Å²) in [4.78, 5) is 24.1. The van der Waals surface area contributed by atoms with Crippen LogP contribution in [0.25, 0.3) is 11.0 Å². The lowest BCUT2D eigenvalue weighted by Gasteiger charge is -2.23. The van der Waals surface area contributed by atoms with Crippen molar-refractivity contribution in [1.29, 1.82) is 0 Å². The van der Waals surface area contributed by atoms with Crippen molar-refractivity contribution in [1.82, 2.24) is 9.13 Å². The summed E-state index contributed by atoms with van der Waals surface area (Å²) < 4.78 is 30.2. The maximum atomic E-state index is 13.2. The molecule has 142 valence electrons. The summed E-state index contributed by atoms with van der Waals surface area (Å²) in [6.07, 6.45) is 0. The van der Waals surface area contributed by atoms with Crippen LogP contribution in [-0.2, 0) is 24.1 Å². The van der Waals surface area contributed by atoms with Crippen molar-refractivity contribution in [3.63, 3.8) is 0 Å². The number of aryl methyl sites for hydroxylation is 3. The summed E-state index contributed by atoms with van der Waals surface area (Å²) in [5.41, 5.74) is 1.04. The van der Waals surface area contributed by atoms with E-state index in [1.165, 1.54) is 39.7 Å². The van der Waals surface area contributed by atoms with E-state index in [1.807, 2.05) is 25.1 Å². The predicted molar refractivity (Wildman–Crippen MR) is 106 cm³/mol. The zero-order chi connectivity index (χ0) is 19.9. The van der Waals surface area contributed by atoms with Crippen LogP contribution in [0.3, 0.4) is 0 Å². The molecule has 0 spiro atoms. The van der Waals surface area contributed by atoms with E-state index >= 15 is 0 Å². The van der Waals surface area contributed by atoms with Crippen LogP contribution in [-0.4, -0.2) is 24.1 Å². The number of hydrogen-bond acceptors (Lipinski definition) is 4. The van der Waals surface area contributed by atoms with E-state index in [0.717, 1.165) is 5.56 Å². The summed E-state index contributed by atoms with van der Waals surface area (Å²) in [5.74, 6) is 0. The van der Waals surface area contributed by atoms with Crippen molar-refractivity contribution < 1.29 is 8.42 Å². The highest BCUT2D eigenvalue weighted by atomic mass is 32.2. The first-order chi connectivity index (χ1) is 12.7. The molecule has 0 saturated heterocycles. The lowest BCUT2D eigenvalue weighted by atomic mass is 10.2. The molecule has 0 N–H and O–H groups in total. The van der Waals surface area contributed by atoms with Crippen molar-refractivity contribution in [2.24, 2.45) is 14.1 Å². The molecule has 0 aliphatic heterocycles. The molecular formula is C19H21N3O4S. The van der Waals surface area contributed by atoms with E-state index < -0.39 is 21.1 Å². The standard InChI is InChI=1S/C19H21N3O4S/c1-5-22(14-8-6-7-13(2)11-14)27(25,26)15-9-10-16-17(12-15)21(4)19(24)18(23)20(16)3/h6-12H,5H2,1-4H3. The van der Waals surface area contributed by atoms with Gasteiger partial charge in [-0.3, -0.25) is 13.9 Å². The van der Waals surface area contributed by atoms with Crippen molar-refractivity contribution >= 4 is 26.7 Å². The Labute approximate surface area is 157 Å². The smallest absolute Gasteiger partial charge is 0.305 e. The van der Waals surface area contributed by atoms with Crippen LogP contribution >= 0.6 is 0 Å². The summed E-state index contributed by atoms with van der Waals surface area (Å²) in [7, 11) is -0.884. The third-order valence-corrected chi connectivity index (χ3v) is 6.53. The highest BCUT2D eigenvalue weighted by molar-refractivity contribution is 7.92. The van der Waals surface area contributed by atoms with E-state index in [0.29, 0.717) is 16.7 Å². The summed E-state index contributed by atoms with van der Waals surface area (Å²) in [5, 5.41) is 0. The molecule has 1 aromatic heterocycles. The van der Waals surface area contributed by atoms with Crippen LogP contribution in [0, 0.1) is 6.92 Å². The molecule has 3 rings (SSSR count). The zero-order valence-corrected chi connectivity index (χ0v) is 16.4. The van der Waals surface area contributed by atoms with E-state index in [2.05, 4.69) is 0 Å². The fraction of sp³-hybridized carbons (Fsp3) is 0.263. The van der Waals surface area contributed by atoms with Gasteiger partial charge in [-0.05, 0) is 49.7 Å². The number of nitrogens with zero attached hydrogens (tertiary/aromatic N) is 3. The number of aromatic nitrogens is 2. The van der Waals surface area contributed by atoms with Gasteiger partial charge in [0.2, 0.25) is 0 Å². The van der Waals surface area contributed by atoms with Gasteiger partial charge in [-0.1, -0.05) is 12.1 Å².